The Morgan fingerprint density at radius 1 is 0.926 bits per heavy atom. The van der Waals surface area contributed by atoms with E-state index >= 15 is 0 Å². The van der Waals surface area contributed by atoms with E-state index in [0.717, 1.165) is 15.6 Å². The zero-order valence-corrected chi connectivity index (χ0v) is 16.4. The molecule has 0 radical (unpaired) electrons. The molecule has 2 aromatic carbocycles. The molecule has 1 aliphatic heterocycles. The SMILES string of the molecule is O=C1/C(=C\c2ccncc2)N=C(c2ccc(Br)cc2)N1c1ccc(Cl)cc1. The molecule has 0 unspecified atom stereocenters. The number of halogens is 2. The van der Waals surface area contributed by atoms with Crippen molar-refractivity contribution in [2.45, 2.75) is 0 Å². The van der Waals surface area contributed by atoms with Crippen molar-refractivity contribution >= 4 is 51.0 Å². The van der Waals surface area contributed by atoms with Crippen molar-refractivity contribution in [3.63, 3.8) is 0 Å². The lowest BCUT2D eigenvalue weighted by molar-refractivity contribution is -0.113. The van der Waals surface area contributed by atoms with Crippen LogP contribution in [0.3, 0.4) is 0 Å². The Bertz CT molecular complexity index is 1050. The molecule has 0 bridgehead atoms. The Kier molecular flexibility index (Phi) is 4.88. The molecule has 1 amide bonds. The third-order valence-corrected chi connectivity index (χ3v) is 4.84. The summed E-state index contributed by atoms with van der Waals surface area (Å²) in [5.41, 5.74) is 2.79. The number of pyridine rings is 1. The molecule has 3 aromatic rings. The number of aliphatic imine (C=N–C) groups is 1. The average Bonchev–Trinajstić information content (AvgIpc) is 3.00. The highest BCUT2D eigenvalue weighted by Crippen LogP contribution is 2.29. The minimum Gasteiger partial charge on any atom is -0.266 e. The van der Waals surface area contributed by atoms with Gasteiger partial charge >= 0.3 is 0 Å². The van der Waals surface area contributed by atoms with Crippen molar-refractivity contribution in [2.24, 2.45) is 4.99 Å². The van der Waals surface area contributed by atoms with Crippen LogP contribution in [0.4, 0.5) is 5.69 Å². The number of hydrogen-bond acceptors (Lipinski definition) is 3. The lowest BCUT2D eigenvalue weighted by Crippen LogP contribution is -2.32. The van der Waals surface area contributed by atoms with Crippen LogP contribution in [-0.4, -0.2) is 16.7 Å². The molecule has 4 rings (SSSR count). The minimum absolute atomic E-state index is 0.188. The minimum atomic E-state index is -0.188. The molecule has 2 heterocycles. The van der Waals surface area contributed by atoms with Crippen LogP contribution in [-0.2, 0) is 4.79 Å². The summed E-state index contributed by atoms with van der Waals surface area (Å²) in [6.07, 6.45) is 5.13. The summed E-state index contributed by atoms with van der Waals surface area (Å²) in [6.45, 7) is 0. The van der Waals surface area contributed by atoms with Crippen molar-refractivity contribution in [3.8, 4) is 0 Å². The lowest BCUT2D eigenvalue weighted by Gasteiger charge is -2.18. The van der Waals surface area contributed by atoms with Crippen LogP contribution in [0.2, 0.25) is 5.02 Å². The van der Waals surface area contributed by atoms with E-state index in [1.165, 1.54) is 0 Å². The Morgan fingerprint density at radius 3 is 2.26 bits per heavy atom. The summed E-state index contributed by atoms with van der Waals surface area (Å²) >= 11 is 9.44. The number of anilines is 1. The Hall–Kier alpha value is -2.76. The summed E-state index contributed by atoms with van der Waals surface area (Å²) in [4.78, 5) is 23.4. The maximum absolute atomic E-state index is 13.1. The molecule has 0 saturated heterocycles. The predicted molar refractivity (Wildman–Crippen MR) is 112 cm³/mol. The van der Waals surface area contributed by atoms with Crippen molar-refractivity contribution in [3.05, 3.63) is 99.4 Å². The number of amidine groups is 1. The second-order valence-electron chi connectivity index (χ2n) is 5.87. The Balaban J connectivity index is 1.82. The first-order valence-corrected chi connectivity index (χ1v) is 9.35. The zero-order valence-electron chi connectivity index (χ0n) is 14.0. The second-order valence-corrected chi connectivity index (χ2v) is 7.22. The normalized spacial score (nSPS) is 15.3. The molecule has 0 saturated carbocycles. The number of nitrogens with zero attached hydrogens (tertiary/aromatic N) is 3. The van der Waals surface area contributed by atoms with Crippen LogP contribution in [0, 0.1) is 0 Å². The fourth-order valence-electron chi connectivity index (χ4n) is 2.76. The molecule has 0 spiro atoms. The van der Waals surface area contributed by atoms with Gasteiger partial charge in [0.05, 0.1) is 5.69 Å². The van der Waals surface area contributed by atoms with Gasteiger partial charge in [-0.1, -0.05) is 39.7 Å². The first kappa shape index (κ1) is 17.6. The number of carbonyl (C=O) groups excluding carboxylic acids is 1. The van der Waals surface area contributed by atoms with E-state index in [1.54, 1.807) is 35.5 Å². The van der Waals surface area contributed by atoms with Crippen LogP contribution < -0.4 is 4.90 Å². The molecule has 0 fully saturated rings. The largest absolute Gasteiger partial charge is 0.282 e. The van der Waals surface area contributed by atoms with Gasteiger partial charge in [0.1, 0.15) is 11.5 Å². The Labute approximate surface area is 170 Å². The van der Waals surface area contributed by atoms with Gasteiger partial charge in [-0.3, -0.25) is 14.7 Å². The summed E-state index contributed by atoms with van der Waals surface area (Å²) in [5.74, 6) is 0.391. The third kappa shape index (κ3) is 3.70. The maximum atomic E-state index is 13.1. The first-order chi connectivity index (χ1) is 13.1. The van der Waals surface area contributed by atoms with Crippen molar-refractivity contribution < 1.29 is 4.79 Å². The number of rotatable bonds is 3. The number of carbonyl (C=O) groups is 1. The van der Waals surface area contributed by atoms with Gasteiger partial charge in [0.25, 0.3) is 5.91 Å². The number of benzene rings is 2. The second kappa shape index (κ2) is 7.47. The monoisotopic (exact) mass is 437 g/mol. The fraction of sp³-hybridized carbons (Fsp3) is 0. The number of hydrogen-bond donors (Lipinski definition) is 0. The first-order valence-electron chi connectivity index (χ1n) is 8.18. The Morgan fingerprint density at radius 2 is 1.59 bits per heavy atom. The molecule has 27 heavy (non-hydrogen) atoms. The quantitative estimate of drug-likeness (QED) is 0.519. The van der Waals surface area contributed by atoms with E-state index < -0.39 is 0 Å². The highest BCUT2D eigenvalue weighted by molar-refractivity contribution is 9.10. The van der Waals surface area contributed by atoms with Crippen LogP contribution in [0.5, 0.6) is 0 Å². The van der Waals surface area contributed by atoms with Gasteiger partial charge in [-0.15, -0.1) is 0 Å². The number of aromatic nitrogens is 1. The van der Waals surface area contributed by atoms with Gasteiger partial charge in [-0.05, 0) is 60.2 Å². The van der Waals surface area contributed by atoms with Crippen molar-refractivity contribution in [2.75, 3.05) is 4.90 Å². The van der Waals surface area contributed by atoms with E-state index in [2.05, 4.69) is 25.9 Å². The molecule has 132 valence electrons. The standard InChI is InChI=1S/C21H13BrClN3O/c22-16-3-1-15(2-4-16)20-25-19(13-14-9-11-24-12-10-14)21(27)26(20)18-7-5-17(23)6-8-18/h1-13H/b19-13+. The van der Waals surface area contributed by atoms with E-state index in [0.29, 0.717) is 22.2 Å². The van der Waals surface area contributed by atoms with Crippen LogP contribution in [0.1, 0.15) is 11.1 Å². The summed E-state index contributed by atoms with van der Waals surface area (Å²) < 4.78 is 0.960. The van der Waals surface area contributed by atoms with Crippen molar-refractivity contribution in [1.29, 1.82) is 0 Å². The summed E-state index contributed by atoms with van der Waals surface area (Å²) in [5, 5.41) is 0.611. The van der Waals surface area contributed by atoms with Crippen LogP contribution >= 0.6 is 27.5 Å². The molecule has 1 aliphatic rings. The molecule has 0 aliphatic carbocycles. The highest BCUT2D eigenvalue weighted by Gasteiger charge is 2.32. The van der Waals surface area contributed by atoms with E-state index in [1.807, 2.05) is 48.5 Å². The molecule has 1 aromatic heterocycles. The molecular weight excluding hydrogens is 426 g/mol. The van der Waals surface area contributed by atoms with E-state index in [-0.39, 0.29) is 5.91 Å². The molecule has 6 heteroatoms. The molecule has 4 nitrogen and oxygen atoms in total. The zero-order chi connectivity index (χ0) is 18.8. The van der Waals surface area contributed by atoms with Gasteiger partial charge in [0, 0.05) is 27.5 Å². The summed E-state index contributed by atoms with van der Waals surface area (Å²) in [7, 11) is 0. The molecule has 0 N–H and O–H groups in total. The van der Waals surface area contributed by atoms with Gasteiger partial charge in [0.15, 0.2) is 0 Å². The fourth-order valence-corrected chi connectivity index (χ4v) is 3.15. The predicted octanol–water partition coefficient (Wildman–Crippen LogP) is 5.33. The summed E-state index contributed by atoms with van der Waals surface area (Å²) in [6, 6.07) is 18.5. The van der Waals surface area contributed by atoms with Crippen LogP contribution in [0.25, 0.3) is 6.08 Å². The molecule has 0 atom stereocenters. The topological polar surface area (TPSA) is 45.6 Å². The average molecular weight is 439 g/mol. The van der Waals surface area contributed by atoms with Crippen molar-refractivity contribution in [1.82, 2.24) is 4.98 Å². The van der Waals surface area contributed by atoms with Crippen LogP contribution in [0.15, 0.2) is 88.2 Å². The maximum Gasteiger partial charge on any atom is 0.282 e. The van der Waals surface area contributed by atoms with E-state index in [9.17, 15) is 4.79 Å². The van der Waals surface area contributed by atoms with E-state index in [4.69, 9.17) is 11.6 Å². The lowest BCUT2D eigenvalue weighted by atomic mass is 10.1. The smallest absolute Gasteiger partial charge is 0.266 e. The molecular formula is C21H13BrClN3O. The van der Waals surface area contributed by atoms with Gasteiger partial charge in [-0.2, -0.15) is 0 Å². The number of amides is 1. The van der Waals surface area contributed by atoms with Gasteiger partial charge < -0.3 is 0 Å². The van der Waals surface area contributed by atoms with Gasteiger partial charge in [-0.25, -0.2) is 4.99 Å². The van der Waals surface area contributed by atoms with Gasteiger partial charge in [0.2, 0.25) is 0 Å². The highest BCUT2D eigenvalue weighted by atomic mass is 79.9. The third-order valence-electron chi connectivity index (χ3n) is 4.06.